The molecule has 1 saturated heterocycles. The SMILES string of the molecule is CN=C(NCc1cccc(OC)c1)NCC1(C)CCCO1.I. The van der Waals surface area contributed by atoms with Crippen molar-refractivity contribution in [1.29, 1.82) is 0 Å². The highest BCUT2D eigenvalue weighted by Gasteiger charge is 2.29. The van der Waals surface area contributed by atoms with Crippen LogP contribution in [0.15, 0.2) is 29.3 Å². The van der Waals surface area contributed by atoms with Crippen molar-refractivity contribution in [3.8, 4) is 5.75 Å². The lowest BCUT2D eigenvalue weighted by molar-refractivity contribution is 0.0243. The van der Waals surface area contributed by atoms with Crippen LogP contribution in [0.5, 0.6) is 5.75 Å². The second-order valence-corrected chi connectivity index (χ2v) is 5.53. The lowest BCUT2D eigenvalue weighted by atomic mass is 10.0. The van der Waals surface area contributed by atoms with E-state index in [9.17, 15) is 0 Å². The topological polar surface area (TPSA) is 54.9 Å². The van der Waals surface area contributed by atoms with E-state index in [0.717, 1.165) is 43.3 Å². The summed E-state index contributed by atoms with van der Waals surface area (Å²) in [7, 11) is 3.45. The van der Waals surface area contributed by atoms with Gasteiger partial charge in [0.05, 0.1) is 12.7 Å². The maximum atomic E-state index is 5.77. The van der Waals surface area contributed by atoms with E-state index < -0.39 is 0 Å². The average molecular weight is 419 g/mol. The van der Waals surface area contributed by atoms with E-state index in [2.05, 4.69) is 28.6 Å². The van der Waals surface area contributed by atoms with Gasteiger partial charge in [-0.3, -0.25) is 4.99 Å². The van der Waals surface area contributed by atoms with Crippen molar-refractivity contribution in [1.82, 2.24) is 10.6 Å². The van der Waals surface area contributed by atoms with Gasteiger partial charge in [0.2, 0.25) is 0 Å². The van der Waals surface area contributed by atoms with Crippen molar-refractivity contribution in [3.63, 3.8) is 0 Å². The molecule has 2 N–H and O–H groups in total. The summed E-state index contributed by atoms with van der Waals surface area (Å²) in [6.07, 6.45) is 2.22. The number of nitrogens with zero attached hydrogens (tertiary/aromatic N) is 1. The molecule has 0 spiro atoms. The molecule has 0 amide bonds. The molecular weight excluding hydrogens is 393 g/mol. The van der Waals surface area contributed by atoms with Gasteiger partial charge in [0.1, 0.15) is 5.75 Å². The molecule has 1 unspecified atom stereocenters. The minimum atomic E-state index is -0.0758. The lowest BCUT2D eigenvalue weighted by Crippen LogP contribution is -2.45. The molecule has 124 valence electrons. The number of benzene rings is 1. The summed E-state index contributed by atoms with van der Waals surface area (Å²) in [6.45, 7) is 4.47. The normalized spacial score (nSPS) is 21.1. The molecule has 1 aromatic carbocycles. The van der Waals surface area contributed by atoms with Crippen LogP contribution in [0, 0.1) is 0 Å². The monoisotopic (exact) mass is 419 g/mol. The molecule has 1 fully saturated rings. The van der Waals surface area contributed by atoms with Crippen LogP contribution in [0.25, 0.3) is 0 Å². The van der Waals surface area contributed by atoms with E-state index in [1.165, 1.54) is 0 Å². The Hall–Kier alpha value is -1.02. The predicted octanol–water partition coefficient (Wildman–Crippen LogP) is 2.55. The average Bonchev–Trinajstić information content (AvgIpc) is 2.95. The number of halogens is 1. The van der Waals surface area contributed by atoms with E-state index in [1.807, 2.05) is 18.2 Å². The molecule has 5 nitrogen and oxygen atoms in total. The van der Waals surface area contributed by atoms with Gasteiger partial charge < -0.3 is 20.1 Å². The number of guanidine groups is 1. The molecule has 0 aliphatic carbocycles. The maximum absolute atomic E-state index is 5.77. The molecule has 22 heavy (non-hydrogen) atoms. The van der Waals surface area contributed by atoms with Gasteiger partial charge >= 0.3 is 0 Å². The number of hydrogen-bond donors (Lipinski definition) is 2. The predicted molar refractivity (Wildman–Crippen MR) is 100 cm³/mol. The molecule has 6 heteroatoms. The molecular formula is C16H26IN3O2. The van der Waals surface area contributed by atoms with Crippen LogP contribution >= 0.6 is 24.0 Å². The first-order valence-corrected chi connectivity index (χ1v) is 7.37. The number of aliphatic imine (C=N–C) groups is 1. The molecule has 1 heterocycles. The zero-order valence-corrected chi connectivity index (χ0v) is 15.8. The third-order valence-electron chi connectivity index (χ3n) is 3.75. The van der Waals surface area contributed by atoms with Crippen LogP contribution in [0.1, 0.15) is 25.3 Å². The van der Waals surface area contributed by atoms with E-state index in [-0.39, 0.29) is 29.6 Å². The van der Waals surface area contributed by atoms with E-state index in [4.69, 9.17) is 9.47 Å². The molecule has 0 saturated carbocycles. The van der Waals surface area contributed by atoms with Crippen molar-refractivity contribution in [2.24, 2.45) is 4.99 Å². The summed E-state index contributed by atoms with van der Waals surface area (Å²) in [4.78, 5) is 4.25. The zero-order valence-electron chi connectivity index (χ0n) is 13.5. The first-order chi connectivity index (χ1) is 10.1. The van der Waals surface area contributed by atoms with Crippen LogP contribution < -0.4 is 15.4 Å². The molecule has 1 atom stereocenters. The summed E-state index contributed by atoms with van der Waals surface area (Å²) in [5, 5.41) is 6.64. The number of hydrogen-bond acceptors (Lipinski definition) is 3. The molecule has 2 rings (SSSR count). The Bertz CT molecular complexity index is 488. The highest BCUT2D eigenvalue weighted by Crippen LogP contribution is 2.23. The van der Waals surface area contributed by atoms with Crippen molar-refractivity contribution in [3.05, 3.63) is 29.8 Å². The summed E-state index contributed by atoms with van der Waals surface area (Å²) in [6, 6.07) is 8.00. The van der Waals surface area contributed by atoms with Gasteiger partial charge in [-0.1, -0.05) is 12.1 Å². The van der Waals surface area contributed by atoms with Crippen LogP contribution in [0.4, 0.5) is 0 Å². The van der Waals surface area contributed by atoms with Crippen LogP contribution in [-0.2, 0) is 11.3 Å². The van der Waals surface area contributed by atoms with Crippen molar-refractivity contribution >= 4 is 29.9 Å². The van der Waals surface area contributed by atoms with Gasteiger partial charge in [0.15, 0.2) is 5.96 Å². The molecule has 0 aromatic heterocycles. The Morgan fingerprint density at radius 3 is 2.86 bits per heavy atom. The minimum absolute atomic E-state index is 0. The van der Waals surface area contributed by atoms with Gasteiger partial charge in [-0.2, -0.15) is 0 Å². The number of methoxy groups -OCH3 is 1. The Morgan fingerprint density at radius 2 is 2.23 bits per heavy atom. The third kappa shape index (κ3) is 5.64. The summed E-state index contributed by atoms with van der Waals surface area (Å²) in [5.74, 6) is 1.65. The van der Waals surface area contributed by atoms with Crippen molar-refractivity contribution in [2.45, 2.75) is 31.9 Å². The fourth-order valence-electron chi connectivity index (χ4n) is 2.44. The lowest BCUT2D eigenvalue weighted by Gasteiger charge is -2.24. The zero-order chi connectivity index (χ0) is 15.1. The van der Waals surface area contributed by atoms with Gasteiger partial charge in [-0.15, -0.1) is 24.0 Å². The second kappa shape index (κ2) is 9.19. The highest BCUT2D eigenvalue weighted by molar-refractivity contribution is 14.0. The Labute approximate surface area is 149 Å². The summed E-state index contributed by atoms with van der Waals surface area (Å²) < 4.78 is 11.0. The van der Waals surface area contributed by atoms with Gasteiger partial charge in [0, 0.05) is 26.7 Å². The molecule has 0 bridgehead atoms. The van der Waals surface area contributed by atoms with Gasteiger partial charge in [0.25, 0.3) is 0 Å². The largest absolute Gasteiger partial charge is 0.497 e. The van der Waals surface area contributed by atoms with Crippen LogP contribution in [0.2, 0.25) is 0 Å². The van der Waals surface area contributed by atoms with Crippen LogP contribution in [0.3, 0.4) is 0 Å². The van der Waals surface area contributed by atoms with Crippen molar-refractivity contribution < 1.29 is 9.47 Å². The quantitative estimate of drug-likeness (QED) is 0.438. The van der Waals surface area contributed by atoms with E-state index >= 15 is 0 Å². The molecule has 0 radical (unpaired) electrons. The fourth-order valence-corrected chi connectivity index (χ4v) is 2.44. The van der Waals surface area contributed by atoms with Crippen LogP contribution in [-0.4, -0.2) is 38.9 Å². The number of nitrogens with one attached hydrogen (secondary N) is 2. The standard InChI is InChI=1S/C16H25N3O2.HI/c1-16(8-5-9-21-16)12-19-15(17-2)18-11-13-6-4-7-14(10-13)20-3;/h4,6-7,10H,5,8-9,11-12H2,1-3H3,(H2,17,18,19);1H. The molecule has 1 aromatic rings. The first kappa shape index (κ1) is 19.0. The summed E-state index contributed by atoms with van der Waals surface area (Å²) >= 11 is 0. The van der Waals surface area contributed by atoms with Gasteiger partial charge in [-0.25, -0.2) is 0 Å². The number of ether oxygens (including phenoxy) is 2. The molecule has 1 aliphatic heterocycles. The Balaban J connectivity index is 0.00000242. The molecule has 1 aliphatic rings. The fraction of sp³-hybridized carbons (Fsp3) is 0.562. The van der Waals surface area contributed by atoms with E-state index in [0.29, 0.717) is 6.54 Å². The summed E-state index contributed by atoms with van der Waals surface area (Å²) in [5.41, 5.74) is 1.08. The minimum Gasteiger partial charge on any atom is -0.497 e. The first-order valence-electron chi connectivity index (χ1n) is 7.37. The Morgan fingerprint density at radius 1 is 1.41 bits per heavy atom. The number of rotatable bonds is 5. The third-order valence-corrected chi connectivity index (χ3v) is 3.75. The van der Waals surface area contributed by atoms with E-state index in [1.54, 1.807) is 14.2 Å². The highest BCUT2D eigenvalue weighted by atomic mass is 127. The second-order valence-electron chi connectivity index (χ2n) is 5.53. The Kier molecular flexibility index (Phi) is 7.95. The maximum Gasteiger partial charge on any atom is 0.191 e. The van der Waals surface area contributed by atoms with Crippen molar-refractivity contribution in [2.75, 3.05) is 27.3 Å². The smallest absolute Gasteiger partial charge is 0.191 e. The van der Waals surface area contributed by atoms with Gasteiger partial charge in [-0.05, 0) is 37.5 Å².